The van der Waals surface area contributed by atoms with Gasteiger partial charge in [-0.05, 0) is 45.8 Å². The molecule has 6 nitrogen and oxygen atoms in total. The smallest absolute Gasteiger partial charge is 0.336 e. The third-order valence-electron chi connectivity index (χ3n) is 2.63. The lowest BCUT2D eigenvalue weighted by atomic mass is 10.2. The van der Waals surface area contributed by atoms with E-state index in [0.717, 1.165) is 5.56 Å². The number of carbonyl (C=O) groups is 2. The van der Waals surface area contributed by atoms with E-state index in [4.69, 9.17) is 5.11 Å². The molecule has 0 atom stereocenters. The molecule has 2 aromatic rings. The van der Waals surface area contributed by atoms with Crippen LogP contribution in [0.5, 0.6) is 0 Å². The van der Waals surface area contributed by atoms with Crippen LogP contribution < -0.4 is 10.6 Å². The number of carboxylic acid groups (broad SMARTS) is 1. The van der Waals surface area contributed by atoms with Gasteiger partial charge in [0, 0.05) is 29.1 Å². The zero-order chi connectivity index (χ0) is 15.2. The number of nitrogens with one attached hydrogen (secondary N) is 2. The lowest BCUT2D eigenvalue weighted by Gasteiger charge is -2.09. The van der Waals surface area contributed by atoms with E-state index in [1.165, 1.54) is 6.07 Å². The van der Waals surface area contributed by atoms with Crippen molar-refractivity contribution in [2.75, 3.05) is 5.32 Å². The highest BCUT2D eigenvalue weighted by Crippen LogP contribution is 2.21. The lowest BCUT2D eigenvalue weighted by Crippen LogP contribution is -2.28. The second kappa shape index (κ2) is 6.85. The number of rotatable bonds is 4. The summed E-state index contributed by atoms with van der Waals surface area (Å²) in [4.78, 5) is 26.7. The van der Waals surface area contributed by atoms with E-state index in [9.17, 15) is 9.59 Å². The summed E-state index contributed by atoms with van der Waals surface area (Å²) in [5.41, 5.74) is 1.36. The van der Waals surface area contributed by atoms with E-state index in [-0.39, 0.29) is 5.56 Å². The van der Waals surface area contributed by atoms with Crippen molar-refractivity contribution in [3.8, 4) is 0 Å². The Morgan fingerprint density at radius 3 is 2.76 bits per heavy atom. The molecule has 0 saturated carbocycles. The number of halogens is 1. The zero-order valence-electron chi connectivity index (χ0n) is 10.8. The largest absolute Gasteiger partial charge is 0.478 e. The van der Waals surface area contributed by atoms with Gasteiger partial charge in [0.1, 0.15) is 0 Å². The van der Waals surface area contributed by atoms with Crippen molar-refractivity contribution in [2.24, 2.45) is 0 Å². The molecular formula is C14H12BrN3O3. The monoisotopic (exact) mass is 349 g/mol. The minimum Gasteiger partial charge on any atom is -0.478 e. The van der Waals surface area contributed by atoms with Crippen LogP contribution in [0, 0.1) is 0 Å². The van der Waals surface area contributed by atoms with Crippen LogP contribution in [0.2, 0.25) is 0 Å². The summed E-state index contributed by atoms with van der Waals surface area (Å²) in [6, 6.07) is 7.77. The number of pyridine rings is 1. The van der Waals surface area contributed by atoms with Gasteiger partial charge < -0.3 is 15.7 Å². The lowest BCUT2D eigenvalue weighted by molar-refractivity contribution is 0.0696. The molecule has 0 radical (unpaired) electrons. The Hall–Kier alpha value is -2.41. The Bertz CT molecular complexity index is 662. The first-order valence-corrected chi connectivity index (χ1v) is 6.82. The van der Waals surface area contributed by atoms with Crippen LogP contribution >= 0.6 is 15.9 Å². The Morgan fingerprint density at radius 1 is 1.29 bits per heavy atom. The SMILES string of the molecule is O=C(NCc1cccnc1)Nc1ccc(Br)c(C(=O)O)c1. The van der Waals surface area contributed by atoms with Gasteiger partial charge in [-0.25, -0.2) is 9.59 Å². The molecule has 1 aromatic carbocycles. The number of anilines is 1. The van der Waals surface area contributed by atoms with Gasteiger partial charge >= 0.3 is 12.0 Å². The first-order chi connectivity index (χ1) is 10.1. The third kappa shape index (κ3) is 4.28. The predicted molar refractivity (Wildman–Crippen MR) is 81.2 cm³/mol. The van der Waals surface area contributed by atoms with Crippen molar-refractivity contribution in [3.63, 3.8) is 0 Å². The zero-order valence-corrected chi connectivity index (χ0v) is 12.4. The first kappa shape index (κ1) is 15.0. The third-order valence-corrected chi connectivity index (χ3v) is 3.32. The van der Waals surface area contributed by atoms with E-state index in [1.54, 1.807) is 30.6 Å². The Morgan fingerprint density at radius 2 is 2.10 bits per heavy atom. The van der Waals surface area contributed by atoms with Gasteiger partial charge in [-0.15, -0.1) is 0 Å². The summed E-state index contributed by atoms with van der Waals surface area (Å²) in [6.45, 7) is 0.335. The van der Waals surface area contributed by atoms with Crippen molar-refractivity contribution in [3.05, 3.63) is 58.3 Å². The maximum Gasteiger partial charge on any atom is 0.336 e. The Labute approximate surface area is 129 Å². The fourth-order valence-corrected chi connectivity index (χ4v) is 2.04. The molecule has 21 heavy (non-hydrogen) atoms. The molecule has 0 aliphatic rings. The number of aromatic nitrogens is 1. The van der Waals surface area contributed by atoms with E-state index in [2.05, 4.69) is 31.5 Å². The molecule has 0 spiro atoms. The fraction of sp³-hybridized carbons (Fsp3) is 0.0714. The van der Waals surface area contributed by atoms with E-state index in [0.29, 0.717) is 16.7 Å². The quantitative estimate of drug-likeness (QED) is 0.791. The van der Waals surface area contributed by atoms with E-state index in [1.807, 2.05) is 6.07 Å². The maximum absolute atomic E-state index is 11.8. The number of benzene rings is 1. The number of urea groups is 1. The number of amides is 2. The Kier molecular flexibility index (Phi) is 4.89. The maximum atomic E-state index is 11.8. The van der Waals surface area contributed by atoms with Crippen molar-refractivity contribution in [1.29, 1.82) is 0 Å². The molecule has 2 rings (SSSR count). The van der Waals surface area contributed by atoms with Crippen molar-refractivity contribution < 1.29 is 14.7 Å². The number of aromatic carboxylic acids is 1. The summed E-state index contributed by atoms with van der Waals surface area (Å²) in [6.07, 6.45) is 3.31. The minimum absolute atomic E-state index is 0.0834. The molecule has 0 bridgehead atoms. The Balaban J connectivity index is 1.97. The number of hydrogen-bond acceptors (Lipinski definition) is 3. The van der Waals surface area contributed by atoms with Gasteiger partial charge in [0.15, 0.2) is 0 Å². The van der Waals surface area contributed by atoms with Crippen LogP contribution in [-0.2, 0) is 6.54 Å². The topological polar surface area (TPSA) is 91.3 Å². The van der Waals surface area contributed by atoms with Gasteiger partial charge in [-0.1, -0.05) is 6.07 Å². The molecule has 0 fully saturated rings. The van der Waals surface area contributed by atoms with Gasteiger partial charge in [0.25, 0.3) is 0 Å². The van der Waals surface area contributed by atoms with Gasteiger partial charge in [0.2, 0.25) is 0 Å². The van der Waals surface area contributed by atoms with E-state index >= 15 is 0 Å². The number of nitrogens with zero attached hydrogens (tertiary/aromatic N) is 1. The number of carbonyl (C=O) groups excluding carboxylic acids is 1. The summed E-state index contributed by atoms with van der Waals surface area (Å²) in [5.74, 6) is -1.07. The summed E-state index contributed by atoms with van der Waals surface area (Å²) in [5, 5.41) is 14.3. The van der Waals surface area contributed by atoms with Crippen LogP contribution in [0.4, 0.5) is 10.5 Å². The average Bonchev–Trinajstić information content (AvgIpc) is 2.48. The molecule has 0 aliphatic carbocycles. The molecule has 108 valence electrons. The fourth-order valence-electron chi connectivity index (χ4n) is 1.63. The highest BCUT2D eigenvalue weighted by Gasteiger charge is 2.10. The molecular weight excluding hydrogens is 338 g/mol. The van der Waals surface area contributed by atoms with Crippen LogP contribution in [0.15, 0.2) is 47.2 Å². The van der Waals surface area contributed by atoms with Crippen LogP contribution in [0.3, 0.4) is 0 Å². The molecule has 7 heteroatoms. The van der Waals surface area contributed by atoms with Crippen molar-refractivity contribution >= 4 is 33.6 Å². The highest BCUT2D eigenvalue weighted by molar-refractivity contribution is 9.10. The van der Waals surface area contributed by atoms with Crippen LogP contribution in [0.25, 0.3) is 0 Å². The van der Waals surface area contributed by atoms with Crippen molar-refractivity contribution in [1.82, 2.24) is 10.3 Å². The molecule has 0 saturated heterocycles. The van der Waals surface area contributed by atoms with Crippen LogP contribution in [0.1, 0.15) is 15.9 Å². The predicted octanol–water partition coefficient (Wildman–Crippen LogP) is 2.86. The molecule has 2 amide bonds. The summed E-state index contributed by atoms with van der Waals surface area (Å²) < 4.78 is 0.455. The summed E-state index contributed by atoms with van der Waals surface area (Å²) >= 11 is 3.14. The molecule has 0 aliphatic heterocycles. The van der Waals surface area contributed by atoms with Crippen molar-refractivity contribution in [2.45, 2.75) is 6.54 Å². The molecule has 0 unspecified atom stereocenters. The molecule has 3 N–H and O–H groups in total. The number of hydrogen-bond donors (Lipinski definition) is 3. The average molecular weight is 350 g/mol. The number of carboxylic acids is 1. The minimum atomic E-state index is -1.07. The van der Waals surface area contributed by atoms with Gasteiger partial charge in [0.05, 0.1) is 5.56 Å². The normalized spacial score (nSPS) is 9.95. The second-order valence-electron chi connectivity index (χ2n) is 4.17. The first-order valence-electron chi connectivity index (χ1n) is 6.03. The van der Waals surface area contributed by atoms with Gasteiger partial charge in [-0.2, -0.15) is 0 Å². The van der Waals surface area contributed by atoms with E-state index < -0.39 is 12.0 Å². The highest BCUT2D eigenvalue weighted by atomic mass is 79.9. The van der Waals surface area contributed by atoms with Gasteiger partial charge in [-0.3, -0.25) is 4.98 Å². The van der Waals surface area contributed by atoms with Crippen LogP contribution in [-0.4, -0.2) is 22.1 Å². The standard InChI is InChI=1S/C14H12BrN3O3/c15-12-4-3-10(6-11(12)13(19)20)18-14(21)17-8-9-2-1-5-16-7-9/h1-7H,8H2,(H,19,20)(H2,17,18,21). The molecule has 1 aromatic heterocycles. The molecule has 1 heterocycles. The summed E-state index contributed by atoms with van der Waals surface area (Å²) in [7, 11) is 0. The second-order valence-corrected chi connectivity index (χ2v) is 5.02.